The van der Waals surface area contributed by atoms with Gasteiger partial charge in [-0.05, 0) is 44.5 Å². The molecule has 1 aromatic carbocycles. The van der Waals surface area contributed by atoms with E-state index >= 15 is 0 Å². The third-order valence-electron chi connectivity index (χ3n) is 5.49. The van der Waals surface area contributed by atoms with Crippen molar-refractivity contribution in [2.45, 2.75) is 39.5 Å². The number of carbonyl (C=O) groups is 2. The van der Waals surface area contributed by atoms with E-state index in [1.165, 1.54) is 12.3 Å². The van der Waals surface area contributed by atoms with Crippen LogP contribution in [0.3, 0.4) is 0 Å². The van der Waals surface area contributed by atoms with Crippen molar-refractivity contribution in [1.82, 2.24) is 24.6 Å². The number of rotatable bonds is 6. The highest BCUT2D eigenvalue weighted by Gasteiger charge is 2.23. The Balaban J connectivity index is 1.80. The molecule has 1 amide bonds. The van der Waals surface area contributed by atoms with Crippen LogP contribution in [0.15, 0.2) is 53.7 Å². The maximum Gasteiger partial charge on any atom is 0.326 e. The molecule has 3 N–H and O–H groups in total. The zero-order valence-corrected chi connectivity index (χ0v) is 21.7. The summed E-state index contributed by atoms with van der Waals surface area (Å²) in [6.45, 7) is 4.90. The van der Waals surface area contributed by atoms with Gasteiger partial charge in [0.1, 0.15) is 23.4 Å². The van der Waals surface area contributed by atoms with Crippen LogP contribution in [0, 0.1) is 0 Å². The van der Waals surface area contributed by atoms with Gasteiger partial charge in [-0.3, -0.25) is 23.6 Å². The van der Waals surface area contributed by atoms with E-state index in [1.54, 1.807) is 69.2 Å². The molecule has 0 aliphatic heterocycles. The van der Waals surface area contributed by atoms with Crippen LogP contribution >= 0.6 is 11.6 Å². The second-order valence-corrected chi connectivity index (χ2v) is 10.0. The number of hydrogen-bond donors (Lipinski definition) is 2. The topological polar surface area (TPSA) is 134 Å². The lowest BCUT2D eigenvalue weighted by Gasteiger charge is -2.20. The van der Waals surface area contributed by atoms with Crippen molar-refractivity contribution >= 4 is 40.2 Å². The molecule has 0 spiro atoms. The van der Waals surface area contributed by atoms with Crippen molar-refractivity contribution in [1.29, 1.82) is 0 Å². The van der Waals surface area contributed by atoms with Crippen molar-refractivity contribution in [2.75, 3.05) is 5.73 Å². The molecular formula is C26H27ClN6O4. The molecule has 10 nitrogen and oxygen atoms in total. The van der Waals surface area contributed by atoms with Gasteiger partial charge in [0.05, 0.1) is 11.9 Å². The van der Waals surface area contributed by atoms with E-state index < -0.39 is 29.6 Å². The van der Waals surface area contributed by atoms with E-state index in [0.29, 0.717) is 27.2 Å². The molecule has 0 aliphatic carbocycles. The van der Waals surface area contributed by atoms with E-state index in [-0.39, 0.29) is 17.8 Å². The average Bonchev–Trinajstić information content (AvgIpc) is 3.25. The molecule has 0 bridgehead atoms. The Morgan fingerprint density at radius 2 is 1.86 bits per heavy atom. The van der Waals surface area contributed by atoms with E-state index in [9.17, 15) is 14.4 Å². The first kappa shape index (κ1) is 25.9. The summed E-state index contributed by atoms with van der Waals surface area (Å²) < 4.78 is 8.15. The lowest BCUT2D eigenvalue weighted by molar-refractivity contribution is -0.155. The second-order valence-electron chi connectivity index (χ2n) is 9.57. The number of fused-ring (bicyclic) bond motifs is 1. The highest BCUT2D eigenvalue weighted by atomic mass is 35.5. The number of nitrogens with one attached hydrogen (secondary N) is 1. The first-order valence-electron chi connectivity index (χ1n) is 11.5. The lowest BCUT2D eigenvalue weighted by Crippen LogP contribution is -2.36. The molecule has 3 heterocycles. The fourth-order valence-corrected chi connectivity index (χ4v) is 3.94. The van der Waals surface area contributed by atoms with E-state index in [0.717, 1.165) is 10.1 Å². The Labute approximate surface area is 218 Å². The number of carbonyl (C=O) groups excluding carboxylic acids is 2. The average molecular weight is 523 g/mol. The lowest BCUT2D eigenvalue weighted by atomic mass is 10.1. The van der Waals surface area contributed by atoms with Gasteiger partial charge in [0.15, 0.2) is 0 Å². The fraction of sp³-hybridized carbons (Fsp3) is 0.269. The van der Waals surface area contributed by atoms with E-state index in [4.69, 9.17) is 22.1 Å². The Bertz CT molecular complexity index is 1550. The second kappa shape index (κ2) is 10.1. The first-order chi connectivity index (χ1) is 17.4. The number of nitrogen functional groups attached to an aromatic ring is 1. The SMILES string of the molecule is Cn1cc(-c2cnc3c(cc(C(=O)NCc4ccc(Cl)cc4)c(=O)n3CC(=O)OC(C)(C)C)c2N)cn1. The zero-order valence-electron chi connectivity index (χ0n) is 20.9. The van der Waals surface area contributed by atoms with Crippen LogP contribution in [0.5, 0.6) is 0 Å². The summed E-state index contributed by atoms with van der Waals surface area (Å²) in [7, 11) is 1.77. The zero-order chi connectivity index (χ0) is 26.9. The predicted octanol–water partition coefficient (Wildman–Crippen LogP) is 3.30. The summed E-state index contributed by atoms with van der Waals surface area (Å²) in [6, 6.07) is 8.36. The summed E-state index contributed by atoms with van der Waals surface area (Å²) in [4.78, 5) is 43.7. The fourth-order valence-electron chi connectivity index (χ4n) is 3.82. The number of hydrogen-bond acceptors (Lipinski definition) is 7. The molecule has 192 valence electrons. The molecule has 0 fully saturated rings. The number of benzene rings is 1. The van der Waals surface area contributed by atoms with Gasteiger partial charge in [0.25, 0.3) is 11.5 Å². The van der Waals surface area contributed by atoms with Gasteiger partial charge >= 0.3 is 5.97 Å². The third-order valence-corrected chi connectivity index (χ3v) is 5.74. The number of amides is 1. The normalized spacial score (nSPS) is 11.5. The van der Waals surface area contributed by atoms with Gasteiger partial charge in [-0.2, -0.15) is 5.10 Å². The number of nitrogens with zero attached hydrogens (tertiary/aromatic N) is 4. The van der Waals surface area contributed by atoms with Crippen LogP contribution in [0.25, 0.3) is 22.2 Å². The number of nitrogens with two attached hydrogens (primary N) is 1. The van der Waals surface area contributed by atoms with Gasteiger partial charge in [-0.1, -0.05) is 23.7 Å². The summed E-state index contributed by atoms with van der Waals surface area (Å²) in [5.74, 6) is -1.27. The number of halogens is 1. The molecule has 0 unspecified atom stereocenters. The quantitative estimate of drug-likeness (QED) is 0.371. The highest BCUT2D eigenvalue weighted by molar-refractivity contribution is 6.30. The number of aryl methyl sites for hydroxylation is 1. The summed E-state index contributed by atoms with van der Waals surface area (Å²) in [5.41, 5.74) is 7.43. The Morgan fingerprint density at radius 3 is 2.49 bits per heavy atom. The maximum atomic E-state index is 13.4. The van der Waals surface area contributed by atoms with Crippen LogP contribution in [0.4, 0.5) is 5.69 Å². The predicted molar refractivity (Wildman–Crippen MR) is 141 cm³/mol. The van der Waals surface area contributed by atoms with Crippen LogP contribution in [0.2, 0.25) is 5.02 Å². The number of pyridine rings is 2. The summed E-state index contributed by atoms with van der Waals surface area (Å²) >= 11 is 5.93. The van der Waals surface area contributed by atoms with Crippen LogP contribution < -0.4 is 16.6 Å². The molecule has 0 radical (unpaired) electrons. The smallest absolute Gasteiger partial charge is 0.326 e. The van der Waals surface area contributed by atoms with Crippen LogP contribution in [-0.2, 0) is 29.7 Å². The summed E-state index contributed by atoms with van der Waals surface area (Å²) in [6.07, 6.45) is 4.92. The number of anilines is 1. The van der Waals surface area contributed by atoms with Crippen molar-refractivity contribution in [3.63, 3.8) is 0 Å². The minimum Gasteiger partial charge on any atom is -0.459 e. The Hall–Kier alpha value is -4.18. The molecule has 4 aromatic rings. The first-order valence-corrected chi connectivity index (χ1v) is 11.9. The standard InChI is InChI=1S/C26H27ClN6O4/c1-26(2,3)37-21(34)14-33-23-18(22(28)20(12-29-23)16-11-31-32(4)13-16)9-19(25(33)36)24(35)30-10-15-5-7-17(27)8-6-15/h5-9,11-13H,10,14H2,1-4H3,(H2,28,29)(H,30,35). The van der Waals surface area contributed by atoms with Crippen molar-refractivity contribution in [3.05, 3.63) is 75.4 Å². The molecule has 0 saturated carbocycles. The monoisotopic (exact) mass is 522 g/mol. The number of aromatic nitrogens is 4. The third kappa shape index (κ3) is 5.80. The summed E-state index contributed by atoms with van der Waals surface area (Å²) in [5, 5.41) is 7.83. The number of esters is 1. The molecule has 0 saturated heterocycles. The van der Waals surface area contributed by atoms with Gasteiger partial charge in [-0.15, -0.1) is 0 Å². The van der Waals surface area contributed by atoms with Crippen LogP contribution in [0.1, 0.15) is 36.7 Å². The largest absolute Gasteiger partial charge is 0.459 e. The minimum absolute atomic E-state index is 0.162. The van der Waals surface area contributed by atoms with Gasteiger partial charge < -0.3 is 15.8 Å². The number of ether oxygens (including phenoxy) is 1. The van der Waals surface area contributed by atoms with E-state index in [2.05, 4.69) is 15.4 Å². The Kier molecular flexibility index (Phi) is 7.04. The molecule has 0 aliphatic rings. The van der Waals surface area contributed by atoms with Gasteiger partial charge in [-0.25, -0.2) is 4.98 Å². The molecule has 37 heavy (non-hydrogen) atoms. The minimum atomic E-state index is -0.760. The molecule has 0 atom stereocenters. The molecular weight excluding hydrogens is 496 g/mol. The van der Waals surface area contributed by atoms with Crippen LogP contribution in [-0.4, -0.2) is 36.8 Å². The van der Waals surface area contributed by atoms with Crippen molar-refractivity contribution < 1.29 is 14.3 Å². The molecule has 3 aromatic heterocycles. The highest BCUT2D eigenvalue weighted by Crippen LogP contribution is 2.31. The van der Waals surface area contributed by atoms with Gasteiger partial charge in [0, 0.05) is 47.5 Å². The Morgan fingerprint density at radius 1 is 1.16 bits per heavy atom. The van der Waals surface area contributed by atoms with Gasteiger partial charge in [0.2, 0.25) is 0 Å². The molecule has 4 rings (SSSR count). The van der Waals surface area contributed by atoms with Crippen molar-refractivity contribution in [3.8, 4) is 11.1 Å². The van der Waals surface area contributed by atoms with E-state index in [1.807, 2.05) is 0 Å². The maximum absolute atomic E-state index is 13.4. The molecule has 11 heteroatoms. The van der Waals surface area contributed by atoms with Crippen molar-refractivity contribution in [2.24, 2.45) is 7.05 Å².